The highest BCUT2D eigenvalue weighted by atomic mass is 19.1. The Morgan fingerprint density at radius 3 is 2.72 bits per heavy atom. The lowest BCUT2D eigenvalue weighted by atomic mass is 9.77. The monoisotopic (exact) mass is 341 g/mol. The SMILES string of the molecule is CCOC(=O)NC(c1ccccc1F)C1CCc2ccccc2C1=O. The van der Waals surface area contributed by atoms with E-state index < -0.39 is 23.9 Å². The molecule has 0 saturated carbocycles. The van der Waals surface area contributed by atoms with Gasteiger partial charge in [0.15, 0.2) is 5.78 Å². The first-order chi connectivity index (χ1) is 12.1. The Balaban J connectivity index is 1.96. The molecule has 2 aromatic carbocycles. The topological polar surface area (TPSA) is 55.4 Å². The highest BCUT2D eigenvalue weighted by Crippen LogP contribution is 2.35. The number of amides is 1. The second-order valence-electron chi connectivity index (χ2n) is 6.03. The van der Waals surface area contributed by atoms with Crippen LogP contribution in [0.15, 0.2) is 48.5 Å². The zero-order chi connectivity index (χ0) is 17.8. The molecule has 4 nitrogen and oxygen atoms in total. The van der Waals surface area contributed by atoms with Gasteiger partial charge in [-0.1, -0.05) is 42.5 Å². The lowest BCUT2D eigenvalue weighted by molar-refractivity contribution is 0.0857. The Bertz CT molecular complexity index is 790. The molecule has 0 fully saturated rings. The number of ketones is 1. The maximum absolute atomic E-state index is 14.4. The molecule has 130 valence electrons. The molecule has 1 aliphatic rings. The Labute approximate surface area is 146 Å². The summed E-state index contributed by atoms with van der Waals surface area (Å²) in [6.07, 6.45) is 0.603. The molecular formula is C20H20FNO3. The summed E-state index contributed by atoms with van der Waals surface area (Å²) in [5.74, 6) is -1.06. The number of benzene rings is 2. The number of nitrogens with one attached hydrogen (secondary N) is 1. The quantitative estimate of drug-likeness (QED) is 0.912. The van der Waals surface area contributed by atoms with Crippen molar-refractivity contribution in [3.63, 3.8) is 0 Å². The van der Waals surface area contributed by atoms with Gasteiger partial charge >= 0.3 is 6.09 Å². The highest BCUT2D eigenvalue weighted by molar-refractivity contribution is 6.00. The number of rotatable bonds is 4. The van der Waals surface area contributed by atoms with E-state index in [0.717, 1.165) is 5.56 Å². The van der Waals surface area contributed by atoms with Crippen LogP contribution in [0.1, 0.15) is 40.9 Å². The van der Waals surface area contributed by atoms with Gasteiger partial charge in [0, 0.05) is 17.0 Å². The number of carbonyl (C=O) groups is 2. The number of halogens is 1. The minimum atomic E-state index is -0.763. The maximum atomic E-state index is 14.4. The molecule has 2 unspecified atom stereocenters. The third-order valence-corrected chi connectivity index (χ3v) is 4.54. The van der Waals surface area contributed by atoms with Crippen molar-refractivity contribution in [2.75, 3.05) is 6.61 Å². The van der Waals surface area contributed by atoms with Gasteiger partial charge in [0.05, 0.1) is 12.6 Å². The summed E-state index contributed by atoms with van der Waals surface area (Å²) in [4.78, 5) is 24.9. The van der Waals surface area contributed by atoms with Crippen molar-refractivity contribution in [1.29, 1.82) is 0 Å². The van der Waals surface area contributed by atoms with Crippen LogP contribution in [0, 0.1) is 11.7 Å². The fraction of sp³-hybridized carbons (Fsp3) is 0.300. The van der Waals surface area contributed by atoms with Crippen molar-refractivity contribution in [2.24, 2.45) is 5.92 Å². The van der Waals surface area contributed by atoms with E-state index in [9.17, 15) is 14.0 Å². The average Bonchev–Trinajstić information content (AvgIpc) is 2.62. The zero-order valence-electron chi connectivity index (χ0n) is 14.0. The van der Waals surface area contributed by atoms with E-state index in [0.29, 0.717) is 24.0 Å². The van der Waals surface area contributed by atoms with E-state index in [1.807, 2.05) is 18.2 Å². The van der Waals surface area contributed by atoms with E-state index >= 15 is 0 Å². The number of aryl methyl sites for hydroxylation is 1. The van der Waals surface area contributed by atoms with Gasteiger partial charge in [-0.15, -0.1) is 0 Å². The summed E-state index contributed by atoms with van der Waals surface area (Å²) < 4.78 is 19.3. The van der Waals surface area contributed by atoms with Crippen LogP contribution < -0.4 is 5.32 Å². The van der Waals surface area contributed by atoms with Crippen LogP contribution in [0.2, 0.25) is 0 Å². The standard InChI is InChI=1S/C20H20FNO3/c1-2-25-20(24)22-18(15-9-5-6-10-17(15)21)16-12-11-13-7-3-4-8-14(13)19(16)23/h3-10,16,18H,2,11-12H2,1H3,(H,22,24). The number of fused-ring (bicyclic) bond motifs is 1. The van der Waals surface area contributed by atoms with Gasteiger partial charge in [-0.2, -0.15) is 0 Å². The summed E-state index contributed by atoms with van der Waals surface area (Å²) in [6.45, 7) is 1.90. The molecule has 0 aliphatic heterocycles. The van der Waals surface area contributed by atoms with Gasteiger partial charge in [-0.05, 0) is 31.4 Å². The zero-order valence-corrected chi connectivity index (χ0v) is 14.0. The summed E-state index contributed by atoms with van der Waals surface area (Å²) in [5, 5.41) is 2.68. The molecular weight excluding hydrogens is 321 g/mol. The Morgan fingerprint density at radius 1 is 1.24 bits per heavy atom. The molecule has 0 bridgehead atoms. The molecule has 0 saturated heterocycles. The Hall–Kier alpha value is -2.69. The predicted octanol–water partition coefficient (Wildman–Crippen LogP) is 4.06. The molecule has 1 aliphatic carbocycles. The van der Waals surface area contributed by atoms with Crippen LogP contribution in [-0.4, -0.2) is 18.5 Å². The summed E-state index contributed by atoms with van der Waals surface area (Å²) in [7, 11) is 0. The fourth-order valence-corrected chi connectivity index (χ4v) is 3.36. The van der Waals surface area contributed by atoms with Crippen LogP contribution in [0.4, 0.5) is 9.18 Å². The normalized spacial score (nSPS) is 17.5. The first-order valence-electron chi connectivity index (χ1n) is 8.41. The predicted molar refractivity (Wildman–Crippen MR) is 91.9 cm³/mol. The van der Waals surface area contributed by atoms with E-state index in [4.69, 9.17) is 4.74 Å². The molecule has 0 aromatic heterocycles. The third kappa shape index (κ3) is 3.55. The first kappa shape index (κ1) is 17.1. The van der Waals surface area contributed by atoms with Gasteiger partial charge in [0.25, 0.3) is 0 Å². The Morgan fingerprint density at radius 2 is 1.96 bits per heavy atom. The van der Waals surface area contributed by atoms with Crippen LogP contribution in [0.3, 0.4) is 0 Å². The van der Waals surface area contributed by atoms with E-state index in [-0.39, 0.29) is 12.4 Å². The smallest absolute Gasteiger partial charge is 0.407 e. The van der Waals surface area contributed by atoms with Gasteiger partial charge in [0.2, 0.25) is 0 Å². The summed E-state index contributed by atoms with van der Waals surface area (Å²) in [5.41, 5.74) is 1.94. The first-order valence-corrected chi connectivity index (χ1v) is 8.41. The van der Waals surface area contributed by atoms with Gasteiger partial charge in [-0.25, -0.2) is 9.18 Å². The molecule has 0 radical (unpaired) electrons. The number of carbonyl (C=O) groups excluding carboxylic acids is 2. The van der Waals surface area contributed by atoms with Crippen LogP contribution >= 0.6 is 0 Å². The van der Waals surface area contributed by atoms with Gasteiger partial charge in [0.1, 0.15) is 5.82 Å². The molecule has 0 heterocycles. The molecule has 2 atom stereocenters. The maximum Gasteiger partial charge on any atom is 0.407 e. The van der Waals surface area contributed by atoms with Crippen LogP contribution in [-0.2, 0) is 11.2 Å². The molecule has 25 heavy (non-hydrogen) atoms. The minimum Gasteiger partial charge on any atom is -0.450 e. The van der Waals surface area contributed by atoms with Gasteiger partial charge < -0.3 is 10.1 Å². The third-order valence-electron chi connectivity index (χ3n) is 4.54. The molecule has 1 amide bonds. The van der Waals surface area contributed by atoms with Gasteiger partial charge in [-0.3, -0.25) is 4.79 Å². The largest absolute Gasteiger partial charge is 0.450 e. The molecule has 2 aromatic rings. The highest BCUT2D eigenvalue weighted by Gasteiger charge is 2.36. The van der Waals surface area contributed by atoms with E-state index in [1.165, 1.54) is 6.07 Å². The van der Waals surface area contributed by atoms with Crippen molar-refractivity contribution < 1.29 is 18.7 Å². The van der Waals surface area contributed by atoms with E-state index in [2.05, 4.69) is 5.32 Å². The minimum absolute atomic E-state index is 0.0769. The van der Waals surface area contributed by atoms with Crippen molar-refractivity contribution in [3.8, 4) is 0 Å². The number of ether oxygens (including phenoxy) is 1. The molecule has 1 N–H and O–H groups in total. The van der Waals surface area contributed by atoms with Crippen molar-refractivity contribution >= 4 is 11.9 Å². The van der Waals surface area contributed by atoms with E-state index in [1.54, 1.807) is 31.2 Å². The summed E-state index contributed by atoms with van der Waals surface area (Å²) >= 11 is 0. The lowest BCUT2D eigenvalue weighted by Crippen LogP contribution is -2.39. The van der Waals surface area contributed by atoms with Crippen LogP contribution in [0.5, 0.6) is 0 Å². The Kier molecular flexibility index (Phi) is 5.12. The average molecular weight is 341 g/mol. The number of Topliss-reactive ketones (excluding diaryl/α,β-unsaturated/α-hetero) is 1. The fourth-order valence-electron chi connectivity index (χ4n) is 3.36. The number of alkyl carbamates (subject to hydrolysis) is 1. The van der Waals surface area contributed by atoms with Crippen LogP contribution in [0.25, 0.3) is 0 Å². The number of hydrogen-bond donors (Lipinski definition) is 1. The van der Waals surface area contributed by atoms with Crippen molar-refractivity contribution in [1.82, 2.24) is 5.32 Å². The lowest BCUT2D eigenvalue weighted by Gasteiger charge is -2.31. The molecule has 5 heteroatoms. The molecule has 0 spiro atoms. The summed E-state index contributed by atoms with van der Waals surface area (Å²) in [6, 6.07) is 12.9. The number of hydrogen-bond acceptors (Lipinski definition) is 3. The van der Waals surface area contributed by atoms with Crippen molar-refractivity contribution in [2.45, 2.75) is 25.8 Å². The second kappa shape index (κ2) is 7.47. The second-order valence-corrected chi connectivity index (χ2v) is 6.03. The molecule has 3 rings (SSSR count). The van der Waals surface area contributed by atoms with Crippen molar-refractivity contribution in [3.05, 3.63) is 71.0 Å².